The third kappa shape index (κ3) is 3.62. The van der Waals surface area contributed by atoms with Crippen molar-refractivity contribution in [3.63, 3.8) is 0 Å². The maximum absolute atomic E-state index is 11.1. The minimum absolute atomic E-state index is 0.0264. The third-order valence-corrected chi connectivity index (χ3v) is 3.95. The Hall–Kier alpha value is -1.86. The van der Waals surface area contributed by atoms with Crippen LogP contribution >= 0.6 is 22.9 Å². The zero-order chi connectivity index (χ0) is 15.4. The highest BCUT2D eigenvalue weighted by Crippen LogP contribution is 2.36. The van der Waals surface area contributed by atoms with Gasteiger partial charge in [0.15, 0.2) is 11.5 Å². The Balaban J connectivity index is 2.28. The average Bonchev–Trinajstić information content (AvgIpc) is 2.89. The summed E-state index contributed by atoms with van der Waals surface area (Å²) in [4.78, 5) is 14.8. The Bertz CT molecular complexity index is 660. The quantitative estimate of drug-likeness (QED) is 0.459. The second kappa shape index (κ2) is 6.73. The molecule has 21 heavy (non-hydrogen) atoms. The first-order valence-corrected chi connectivity index (χ1v) is 7.41. The van der Waals surface area contributed by atoms with Gasteiger partial charge in [-0.3, -0.25) is 10.1 Å². The molecule has 0 saturated heterocycles. The number of benzene rings is 1. The van der Waals surface area contributed by atoms with Gasteiger partial charge in [-0.25, -0.2) is 4.98 Å². The maximum atomic E-state index is 11.1. The van der Waals surface area contributed by atoms with Gasteiger partial charge in [-0.15, -0.1) is 22.9 Å². The number of halogens is 1. The third-order valence-electron chi connectivity index (χ3n) is 2.72. The Morgan fingerprint density at radius 1 is 1.43 bits per heavy atom. The lowest BCUT2D eigenvalue weighted by atomic mass is 10.2. The van der Waals surface area contributed by atoms with Crippen LogP contribution in [0, 0.1) is 17.0 Å². The number of ether oxygens (including phenoxy) is 2. The Labute approximate surface area is 130 Å². The van der Waals surface area contributed by atoms with Crippen molar-refractivity contribution in [2.45, 2.75) is 19.4 Å². The van der Waals surface area contributed by atoms with Crippen LogP contribution in [0.5, 0.6) is 11.5 Å². The van der Waals surface area contributed by atoms with Gasteiger partial charge in [-0.2, -0.15) is 0 Å². The molecule has 0 aliphatic carbocycles. The Kier molecular flexibility index (Phi) is 4.98. The Morgan fingerprint density at radius 3 is 2.71 bits per heavy atom. The summed E-state index contributed by atoms with van der Waals surface area (Å²) in [5, 5.41) is 13.8. The van der Waals surface area contributed by atoms with Gasteiger partial charge in [-0.1, -0.05) is 0 Å². The first kappa shape index (κ1) is 15.5. The smallest absolute Gasteiger partial charge is 0.277 e. The molecule has 2 rings (SSSR count). The van der Waals surface area contributed by atoms with E-state index in [4.69, 9.17) is 21.1 Å². The van der Waals surface area contributed by atoms with Gasteiger partial charge < -0.3 is 9.47 Å². The number of alkyl halides is 1. The number of methoxy groups -OCH3 is 1. The van der Waals surface area contributed by atoms with E-state index in [1.54, 1.807) is 0 Å². The lowest BCUT2D eigenvalue weighted by Crippen LogP contribution is -2.01. The molecule has 0 fully saturated rings. The highest BCUT2D eigenvalue weighted by atomic mass is 35.5. The minimum Gasteiger partial charge on any atom is -0.493 e. The minimum atomic E-state index is -0.489. The van der Waals surface area contributed by atoms with Crippen LogP contribution in [0.15, 0.2) is 17.5 Å². The van der Waals surface area contributed by atoms with Gasteiger partial charge in [0.2, 0.25) is 0 Å². The van der Waals surface area contributed by atoms with Gasteiger partial charge in [-0.05, 0) is 13.0 Å². The van der Waals surface area contributed by atoms with E-state index >= 15 is 0 Å². The monoisotopic (exact) mass is 328 g/mol. The molecule has 112 valence electrons. The molecular formula is C13H13ClN2O4S. The maximum Gasteiger partial charge on any atom is 0.277 e. The molecular weight excluding hydrogens is 316 g/mol. The zero-order valence-corrected chi connectivity index (χ0v) is 13.0. The number of hydrogen-bond donors (Lipinski definition) is 0. The predicted molar refractivity (Wildman–Crippen MR) is 80.4 cm³/mol. The predicted octanol–water partition coefficient (Wildman–Crippen LogP) is 3.69. The van der Waals surface area contributed by atoms with Crippen LogP contribution in [0.2, 0.25) is 0 Å². The largest absolute Gasteiger partial charge is 0.493 e. The van der Waals surface area contributed by atoms with E-state index in [1.165, 1.54) is 30.6 Å². The molecule has 1 aromatic heterocycles. The summed E-state index contributed by atoms with van der Waals surface area (Å²) in [6.07, 6.45) is 0. The van der Waals surface area contributed by atoms with Crippen LogP contribution in [0.4, 0.5) is 5.69 Å². The molecule has 0 aliphatic heterocycles. The second-order valence-corrected chi connectivity index (χ2v) is 5.40. The highest BCUT2D eigenvalue weighted by Gasteiger charge is 2.19. The molecule has 0 bridgehead atoms. The topological polar surface area (TPSA) is 74.5 Å². The van der Waals surface area contributed by atoms with Crippen LogP contribution in [0.25, 0.3) is 0 Å². The van der Waals surface area contributed by atoms with Crippen molar-refractivity contribution in [3.8, 4) is 11.5 Å². The van der Waals surface area contributed by atoms with Crippen molar-refractivity contribution in [3.05, 3.63) is 43.9 Å². The number of thiazole rings is 1. The number of aromatic nitrogens is 1. The number of aryl methyl sites for hydroxylation is 1. The second-order valence-electron chi connectivity index (χ2n) is 4.19. The zero-order valence-electron chi connectivity index (χ0n) is 11.5. The fraction of sp³-hybridized carbons (Fsp3) is 0.308. The van der Waals surface area contributed by atoms with E-state index in [0.29, 0.717) is 17.1 Å². The molecule has 0 saturated carbocycles. The number of nitro benzene ring substituents is 1. The lowest BCUT2D eigenvalue weighted by molar-refractivity contribution is -0.385. The van der Waals surface area contributed by atoms with Gasteiger partial charge in [0.05, 0.1) is 24.0 Å². The number of nitrogens with zero attached hydrogens (tertiary/aromatic N) is 2. The van der Waals surface area contributed by atoms with Crippen molar-refractivity contribution in [1.29, 1.82) is 0 Å². The normalized spacial score (nSPS) is 10.4. The van der Waals surface area contributed by atoms with Crippen molar-refractivity contribution in [1.82, 2.24) is 4.98 Å². The SMILES string of the molecule is COc1cc(CCl)c([N+](=O)[O-])cc1OCc1nc(C)cs1. The highest BCUT2D eigenvalue weighted by molar-refractivity contribution is 7.09. The molecule has 1 heterocycles. The molecule has 0 radical (unpaired) electrons. The summed E-state index contributed by atoms with van der Waals surface area (Å²) in [6.45, 7) is 2.12. The fourth-order valence-corrected chi connectivity index (χ4v) is 2.65. The van der Waals surface area contributed by atoms with Crippen molar-refractivity contribution in [2.24, 2.45) is 0 Å². The van der Waals surface area contributed by atoms with Crippen LogP contribution in [-0.2, 0) is 12.5 Å². The Morgan fingerprint density at radius 2 is 2.19 bits per heavy atom. The van der Waals surface area contributed by atoms with Gasteiger partial charge >= 0.3 is 0 Å². The summed E-state index contributed by atoms with van der Waals surface area (Å²) in [6, 6.07) is 2.85. The summed E-state index contributed by atoms with van der Waals surface area (Å²) in [5.41, 5.74) is 1.21. The van der Waals surface area contributed by atoms with Crippen molar-refractivity contribution in [2.75, 3.05) is 7.11 Å². The van der Waals surface area contributed by atoms with Crippen molar-refractivity contribution >= 4 is 28.6 Å². The first-order chi connectivity index (χ1) is 10.0. The van der Waals surface area contributed by atoms with Crippen molar-refractivity contribution < 1.29 is 14.4 Å². The van der Waals surface area contributed by atoms with E-state index in [2.05, 4.69) is 4.98 Å². The molecule has 0 atom stereocenters. The molecule has 0 spiro atoms. The molecule has 1 aromatic carbocycles. The molecule has 0 unspecified atom stereocenters. The van der Waals surface area contributed by atoms with Crippen LogP contribution in [0.1, 0.15) is 16.3 Å². The van der Waals surface area contributed by atoms with Crippen LogP contribution < -0.4 is 9.47 Å². The molecule has 2 aromatic rings. The van der Waals surface area contributed by atoms with E-state index < -0.39 is 4.92 Å². The lowest BCUT2D eigenvalue weighted by Gasteiger charge is -2.11. The van der Waals surface area contributed by atoms with Gasteiger partial charge in [0.1, 0.15) is 11.6 Å². The van der Waals surface area contributed by atoms with E-state index in [1.807, 2.05) is 12.3 Å². The van der Waals surface area contributed by atoms with E-state index in [0.717, 1.165) is 10.7 Å². The summed E-state index contributed by atoms with van der Waals surface area (Å²) < 4.78 is 10.8. The molecule has 0 N–H and O–H groups in total. The number of hydrogen-bond acceptors (Lipinski definition) is 6. The van der Waals surface area contributed by atoms with E-state index in [9.17, 15) is 10.1 Å². The summed E-state index contributed by atoms with van der Waals surface area (Å²) in [7, 11) is 1.47. The number of nitro groups is 1. The summed E-state index contributed by atoms with van der Waals surface area (Å²) in [5.74, 6) is 0.731. The standard InChI is InChI=1S/C13H13ClN2O4S/c1-8-7-21-13(15-8)6-20-12-4-10(16(17)18)9(5-14)3-11(12)19-2/h3-4,7H,5-6H2,1-2H3. The molecule has 0 aliphatic rings. The van der Waals surface area contributed by atoms with Gasteiger partial charge in [0, 0.05) is 16.6 Å². The van der Waals surface area contributed by atoms with E-state index in [-0.39, 0.29) is 18.2 Å². The molecule has 0 amide bonds. The van der Waals surface area contributed by atoms with Crippen LogP contribution in [-0.4, -0.2) is 17.0 Å². The van der Waals surface area contributed by atoms with Crippen LogP contribution in [0.3, 0.4) is 0 Å². The molecule has 6 nitrogen and oxygen atoms in total. The number of rotatable bonds is 6. The summed E-state index contributed by atoms with van der Waals surface area (Å²) >= 11 is 7.19. The average molecular weight is 329 g/mol. The van der Waals surface area contributed by atoms with Gasteiger partial charge in [0.25, 0.3) is 5.69 Å². The molecule has 8 heteroatoms. The first-order valence-electron chi connectivity index (χ1n) is 6.00. The fourth-order valence-electron chi connectivity index (χ4n) is 1.75.